The normalized spacial score (nSPS) is 24.0. The second kappa shape index (κ2) is 7.99. The Morgan fingerprint density at radius 1 is 1.32 bits per heavy atom. The highest BCUT2D eigenvalue weighted by Gasteiger charge is 2.43. The summed E-state index contributed by atoms with van der Waals surface area (Å²) in [6, 6.07) is 0. The quantitative estimate of drug-likeness (QED) is 0.795. The summed E-state index contributed by atoms with van der Waals surface area (Å²) in [6.07, 6.45) is -2.85. The second-order valence-corrected chi connectivity index (χ2v) is 7.70. The first-order chi connectivity index (χ1) is 13.1. The predicted octanol–water partition coefficient (Wildman–Crippen LogP) is 2.01. The van der Waals surface area contributed by atoms with E-state index in [1.165, 1.54) is 0 Å². The van der Waals surface area contributed by atoms with Crippen LogP contribution in [0.15, 0.2) is 4.52 Å². The molecular formula is C15H18F3N5O4S. The van der Waals surface area contributed by atoms with E-state index in [2.05, 4.69) is 25.2 Å². The highest BCUT2D eigenvalue weighted by Crippen LogP contribution is 2.36. The van der Waals surface area contributed by atoms with Crippen LogP contribution in [0, 0.1) is 19.8 Å². The monoisotopic (exact) mass is 421 g/mol. The molecule has 0 saturated carbocycles. The van der Waals surface area contributed by atoms with Gasteiger partial charge in [-0.1, -0.05) is 16.5 Å². The highest BCUT2D eigenvalue weighted by molar-refractivity contribution is 7.15. The van der Waals surface area contributed by atoms with Crippen molar-refractivity contribution in [2.75, 3.05) is 18.0 Å². The number of halogens is 3. The number of hydrogen-bond donors (Lipinski definition) is 1. The van der Waals surface area contributed by atoms with Gasteiger partial charge in [-0.2, -0.15) is 18.2 Å². The van der Waals surface area contributed by atoms with Crippen molar-refractivity contribution in [2.24, 2.45) is 5.92 Å². The smallest absolute Gasteiger partial charge is 0.475 e. The standard InChI is InChI=1S/C13H17N5O2S.C2HF3O2/c1-7-14-12(20-17-7)4-10-3-9-5-18(6-11(9)19-10)13-16-15-8(2)21-13;3-2(4,5)1(6)7/h9-11H,3-6H2,1-2H3;(H,6,7)/t9-,10-,11+;/m0./s1. The average Bonchev–Trinajstić information content (AvgIpc) is 3.32. The molecule has 0 aliphatic carbocycles. The first-order valence-corrected chi connectivity index (χ1v) is 9.23. The van der Waals surface area contributed by atoms with Gasteiger partial charge in [0.15, 0.2) is 5.82 Å². The first-order valence-electron chi connectivity index (χ1n) is 8.41. The number of aromatic nitrogens is 4. The van der Waals surface area contributed by atoms with Crippen LogP contribution in [0.5, 0.6) is 0 Å². The molecule has 2 saturated heterocycles. The molecule has 0 spiro atoms. The van der Waals surface area contributed by atoms with Crippen LogP contribution in [0.3, 0.4) is 0 Å². The lowest BCUT2D eigenvalue weighted by Crippen LogP contribution is -2.25. The number of carboxylic acid groups (broad SMARTS) is 1. The summed E-state index contributed by atoms with van der Waals surface area (Å²) in [5.74, 6) is -0.842. The predicted molar refractivity (Wildman–Crippen MR) is 90.1 cm³/mol. The number of aliphatic carboxylic acids is 1. The van der Waals surface area contributed by atoms with Gasteiger partial charge in [0.2, 0.25) is 11.0 Å². The Morgan fingerprint density at radius 2 is 2.04 bits per heavy atom. The Kier molecular flexibility index (Phi) is 5.84. The number of ether oxygens (including phenoxy) is 1. The number of fused-ring (bicyclic) bond motifs is 1. The fraction of sp³-hybridized carbons (Fsp3) is 0.667. The van der Waals surface area contributed by atoms with Crippen LogP contribution in [0.25, 0.3) is 0 Å². The Morgan fingerprint density at radius 3 is 2.54 bits per heavy atom. The summed E-state index contributed by atoms with van der Waals surface area (Å²) in [5.41, 5.74) is 0. The molecule has 9 nitrogen and oxygen atoms in total. The van der Waals surface area contributed by atoms with Gasteiger partial charge in [-0.25, -0.2) is 4.79 Å². The van der Waals surface area contributed by atoms with E-state index < -0.39 is 12.1 Å². The number of nitrogens with zero attached hydrogens (tertiary/aromatic N) is 5. The third-order valence-electron chi connectivity index (χ3n) is 4.31. The van der Waals surface area contributed by atoms with Crippen LogP contribution in [-0.2, 0) is 16.0 Å². The molecule has 4 rings (SSSR count). The van der Waals surface area contributed by atoms with Crippen LogP contribution >= 0.6 is 11.3 Å². The lowest BCUT2D eigenvalue weighted by molar-refractivity contribution is -0.192. The minimum atomic E-state index is -5.08. The molecule has 3 atom stereocenters. The molecular weight excluding hydrogens is 403 g/mol. The van der Waals surface area contributed by atoms with Crippen LogP contribution in [0.2, 0.25) is 0 Å². The highest BCUT2D eigenvalue weighted by atomic mass is 32.1. The van der Waals surface area contributed by atoms with Crippen LogP contribution in [0.1, 0.15) is 23.1 Å². The van der Waals surface area contributed by atoms with Gasteiger partial charge in [-0.15, -0.1) is 10.2 Å². The molecule has 1 N–H and O–H groups in total. The van der Waals surface area contributed by atoms with Gasteiger partial charge in [-0.3, -0.25) is 0 Å². The third-order valence-corrected chi connectivity index (χ3v) is 5.21. The lowest BCUT2D eigenvalue weighted by atomic mass is 10.0. The van der Waals surface area contributed by atoms with Gasteiger partial charge in [-0.05, 0) is 20.3 Å². The SMILES string of the molecule is Cc1noc(C[C@@H]2C[C@H]3CN(c4nnc(C)s4)C[C@H]3O2)n1.O=C(O)C(F)(F)F. The van der Waals surface area contributed by atoms with E-state index in [1.54, 1.807) is 11.3 Å². The number of anilines is 1. The fourth-order valence-electron chi connectivity index (χ4n) is 3.18. The Bertz CT molecular complexity index is 813. The number of carboxylic acids is 1. The van der Waals surface area contributed by atoms with Crippen molar-refractivity contribution in [2.45, 2.75) is 45.1 Å². The topological polar surface area (TPSA) is 114 Å². The lowest BCUT2D eigenvalue weighted by Gasteiger charge is -2.17. The molecule has 2 aromatic heterocycles. The van der Waals surface area contributed by atoms with E-state index in [0.29, 0.717) is 24.1 Å². The van der Waals surface area contributed by atoms with Gasteiger partial charge in [0.1, 0.15) is 5.01 Å². The van der Waals surface area contributed by atoms with Gasteiger partial charge in [0.25, 0.3) is 0 Å². The fourth-order valence-corrected chi connectivity index (χ4v) is 3.89. The largest absolute Gasteiger partial charge is 0.490 e. The minimum Gasteiger partial charge on any atom is -0.475 e. The van der Waals surface area contributed by atoms with Gasteiger partial charge < -0.3 is 19.3 Å². The zero-order chi connectivity index (χ0) is 20.5. The summed E-state index contributed by atoms with van der Waals surface area (Å²) in [6.45, 7) is 5.72. The van der Waals surface area contributed by atoms with E-state index in [0.717, 1.165) is 29.6 Å². The summed E-state index contributed by atoms with van der Waals surface area (Å²) < 4.78 is 43.1. The Hall–Kier alpha value is -2.28. The molecule has 2 aromatic rings. The number of hydrogen-bond acceptors (Lipinski definition) is 9. The van der Waals surface area contributed by atoms with Crippen molar-refractivity contribution >= 4 is 22.4 Å². The third kappa shape index (κ3) is 4.95. The molecule has 2 aliphatic heterocycles. The zero-order valence-electron chi connectivity index (χ0n) is 15.0. The molecule has 28 heavy (non-hydrogen) atoms. The van der Waals surface area contributed by atoms with Crippen LogP contribution in [-0.4, -0.2) is 62.9 Å². The number of alkyl halides is 3. The van der Waals surface area contributed by atoms with Crippen LogP contribution in [0.4, 0.5) is 18.3 Å². The maximum atomic E-state index is 10.6. The first kappa shape index (κ1) is 20.5. The summed E-state index contributed by atoms with van der Waals surface area (Å²) in [7, 11) is 0. The van der Waals surface area contributed by atoms with E-state index >= 15 is 0 Å². The zero-order valence-corrected chi connectivity index (χ0v) is 15.8. The van der Waals surface area contributed by atoms with Crippen molar-refractivity contribution in [3.8, 4) is 0 Å². The van der Waals surface area contributed by atoms with Crippen molar-refractivity contribution in [1.29, 1.82) is 0 Å². The van der Waals surface area contributed by atoms with Crippen molar-refractivity contribution in [3.63, 3.8) is 0 Å². The summed E-state index contributed by atoms with van der Waals surface area (Å²) >= 11 is 1.64. The minimum absolute atomic E-state index is 0.193. The molecule has 0 aromatic carbocycles. The van der Waals surface area contributed by atoms with E-state index in [-0.39, 0.29) is 12.2 Å². The van der Waals surface area contributed by atoms with E-state index in [4.69, 9.17) is 19.2 Å². The molecule has 13 heteroatoms. The van der Waals surface area contributed by atoms with E-state index in [1.807, 2.05) is 13.8 Å². The van der Waals surface area contributed by atoms with Gasteiger partial charge >= 0.3 is 12.1 Å². The summed E-state index contributed by atoms with van der Waals surface area (Å²) in [5, 5.41) is 21.3. The van der Waals surface area contributed by atoms with Crippen LogP contribution < -0.4 is 4.90 Å². The molecule has 0 radical (unpaired) electrons. The molecule has 154 valence electrons. The molecule has 0 amide bonds. The second-order valence-electron chi connectivity index (χ2n) is 6.54. The maximum absolute atomic E-state index is 10.6. The maximum Gasteiger partial charge on any atom is 0.490 e. The molecule has 2 aliphatic rings. The molecule has 0 unspecified atom stereocenters. The number of carbonyl (C=O) groups is 1. The number of aryl methyl sites for hydroxylation is 2. The number of rotatable bonds is 3. The van der Waals surface area contributed by atoms with Gasteiger partial charge in [0.05, 0.1) is 18.6 Å². The van der Waals surface area contributed by atoms with Crippen molar-refractivity contribution in [1.82, 2.24) is 20.3 Å². The van der Waals surface area contributed by atoms with Crippen molar-refractivity contribution in [3.05, 3.63) is 16.7 Å². The summed E-state index contributed by atoms with van der Waals surface area (Å²) in [4.78, 5) is 15.4. The van der Waals surface area contributed by atoms with E-state index in [9.17, 15) is 13.2 Å². The molecule has 0 bridgehead atoms. The molecule has 2 fully saturated rings. The molecule has 4 heterocycles. The average molecular weight is 421 g/mol. The van der Waals surface area contributed by atoms with Gasteiger partial charge in [0, 0.05) is 19.0 Å². The van der Waals surface area contributed by atoms with Crippen molar-refractivity contribution < 1.29 is 32.3 Å². The Balaban J connectivity index is 0.000000279. The Labute approximate surface area is 161 Å².